The van der Waals surface area contributed by atoms with Crippen molar-refractivity contribution in [3.05, 3.63) is 48.3 Å². The molecule has 0 atom stereocenters. The van der Waals surface area contributed by atoms with Gasteiger partial charge in [0.2, 0.25) is 5.95 Å². The van der Waals surface area contributed by atoms with E-state index in [2.05, 4.69) is 15.3 Å². The Bertz CT molecular complexity index is 482. The summed E-state index contributed by atoms with van der Waals surface area (Å²) in [6.45, 7) is 0. The van der Waals surface area contributed by atoms with E-state index in [1.165, 1.54) is 12.4 Å². The molecule has 2 rings (SSSR count). The largest absolute Gasteiger partial charge is 0.505 e. The summed E-state index contributed by atoms with van der Waals surface area (Å²) < 4.78 is 0. The van der Waals surface area contributed by atoms with Crippen molar-refractivity contribution in [1.29, 1.82) is 0 Å². The minimum absolute atomic E-state index is 0.0438. The standard InChI is InChI=1S/C11H9N3O2/c15-9-6-12-11(13-7-9)14-10(16)8-4-2-1-3-5-8/h1-7,15H,(H,12,13,14,16). The molecular formula is C11H9N3O2. The second-order valence-electron chi connectivity index (χ2n) is 3.09. The molecule has 0 spiro atoms. The Morgan fingerprint density at radius 2 is 1.75 bits per heavy atom. The molecule has 5 heteroatoms. The molecule has 80 valence electrons. The molecule has 0 saturated heterocycles. The van der Waals surface area contributed by atoms with Gasteiger partial charge in [-0.25, -0.2) is 9.97 Å². The van der Waals surface area contributed by atoms with Crippen LogP contribution in [0.25, 0.3) is 0 Å². The number of hydrogen-bond donors (Lipinski definition) is 2. The Morgan fingerprint density at radius 3 is 2.38 bits per heavy atom. The van der Waals surface area contributed by atoms with Gasteiger partial charge < -0.3 is 5.11 Å². The number of amides is 1. The van der Waals surface area contributed by atoms with E-state index in [9.17, 15) is 4.79 Å². The highest BCUT2D eigenvalue weighted by molar-refractivity contribution is 6.03. The molecule has 2 aromatic rings. The molecule has 5 nitrogen and oxygen atoms in total. The highest BCUT2D eigenvalue weighted by atomic mass is 16.3. The monoisotopic (exact) mass is 215 g/mol. The fraction of sp³-hybridized carbons (Fsp3) is 0. The third kappa shape index (κ3) is 2.33. The molecule has 2 N–H and O–H groups in total. The molecule has 0 saturated carbocycles. The van der Waals surface area contributed by atoms with Gasteiger partial charge in [-0.1, -0.05) is 18.2 Å². The van der Waals surface area contributed by atoms with Gasteiger partial charge in [0.15, 0.2) is 5.75 Å². The first-order valence-corrected chi connectivity index (χ1v) is 4.63. The molecular weight excluding hydrogens is 206 g/mol. The third-order valence-corrected chi connectivity index (χ3v) is 1.90. The zero-order valence-corrected chi connectivity index (χ0v) is 8.29. The summed E-state index contributed by atoms with van der Waals surface area (Å²) in [5.41, 5.74) is 0.527. The van der Waals surface area contributed by atoms with Gasteiger partial charge in [0.1, 0.15) is 0 Å². The first-order chi connectivity index (χ1) is 7.75. The van der Waals surface area contributed by atoms with Crippen molar-refractivity contribution in [2.24, 2.45) is 0 Å². The lowest BCUT2D eigenvalue weighted by Gasteiger charge is -2.02. The Labute approximate surface area is 91.8 Å². The number of hydrogen-bond acceptors (Lipinski definition) is 4. The predicted molar refractivity (Wildman–Crippen MR) is 58.1 cm³/mol. The highest BCUT2D eigenvalue weighted by Crippen LogP contribution is 2.07. The number of aromatic hydroxyl groups is 1. The molecule has 0 aliphatic carbocycles. The fourth-order valence-corrected chi connectivity index (χ4v) is 1.15. The average Bonchev–Trinajstić information content (AvgIpc) is 2.33. The van der Waals surface area contributed by atoms with Crippen LogP contribution in [0.3, 0.4) is 0 Å². The molecule has 1 heterocycles. The number of nitrogens with zero attached hydrogens (tertiary/aromatic N) is 2. The number of aromatic nitrogens is 2. The van der Waals surface area contributed by atoms with E-state index in [4.69, 9.17) is 5.11 Å². The number of carbonyl (C=O) groups is 1. The zero-order chi connectivity index (χ0) is 11.4. The summed E-state index contributed by atoms with van der Waals surface area (Å²) in [5.74, 6) is -0.171. The topological polar surface area (TPSA) is 75.1 Å². The Hall–Kier alpha value is -2.43. The minimum atomic E-state index is -0.286. The van der Waals surface area contributed by atoms with Crippen molar-refractivity contribution >= 4 is 11.9 Å². The third-order valence-electron chi connectivity index (χ3n) is 1.90. The molecule has 0 fully saturated rings. The lowest BCUT2D eigenvalue weighted by atomic mass is 10.2. The van der Waals surface area contributed by atoms with Gasteiger partial charge in [-0.2, -0.15) is 0 Å². The van der Waals surface area contributed by atoms with E-state index in [1.54, 1.807) is 24.3 Å². The molecule has 16 heavy (non-hydrogen) atoms. The van der Waals surface area contributed by atoms with E-state index in [0.717, 1.165) is 0 Å². The van der Waals surface area contributed by atoms with Gasteiger partial charge in [-0.3, -0.25) is 10.1 Å². The maximum Gasteiger partial charge on any atom is 0.258 e. The summed E-state index contributed by atoms with van der Waals surface area (Å²) >= 11 is 0. The molecule has 1 aromatic carbocycles. The van der Waals surface area contributed by atoms with Crippen LogP contribution < -0.4 is 5.32 Å². The summed E-state index contributed by atoms with van der Waals surface area (Å²) in [4.78, 5) is 19.1. The summed E-state index contributed by atoms with van der Waals surface area (Å²) in [7, 11) is 0. The van der Waals surface area contributed by atoms with Crippen LogP contribution in [0, 0.1) is 0 Å². The number of anilines is 1. The SMILES string of the molecule is O=C(Nc1ncc(O)cn1)c1ccccc1. The first kappa shape index (κ1) is 10.1. The minimum Gasteiger partial charge on any atom is -0.505 e. The van der Waals surface area contributed by atoms with E-state index in [-0.39, 0.29) is 17.6 Å². The second kappa shape index (κ2) is 4.39. The van der Waals surface area contributed by atoms with Crippen molar-refractivity contribution in [1.82, 2.24) is 9.97 Å². The van der Waals surface area contributed by atoms with Crippen LogP contribution in [0.1, 0.15) is 10.4 Å². The van der Waals surface area contributed by atoms with Crippen molar-refractivity contribution in [2.75, 3.05) is 5.32 Å². The molecule has 0 bridgehead atoms. The van der Waals surface area contributed by atoms with Crippen molar-refractivity contribution < 1.29 is 9.90 Å². The Balaban J connectivity index is 2.11. The van der Waals surface area contributed by atoms with Crippen LogP contribution in [-0.4, -0.2) is 21.0 Å². The summed E-state index contributed by atoms with van der Waals surface area (Å²) in [6.07, 6.45) is 2.43. The molecule has 0 radical (unpaired) electrons. The van der Waals surface area contributed by atoms with Crippen molar-refractivity contribution in [3.8, 4) is 5.75 Å². The number of benzene rings is 1. The second-order valence-corrected chi connectivity index (χ2v) is 3.09. The van der Waals surface area contributed by atoms with Crippen LogP contribution >= 0.6 is 0 Å². The molecule has 1 amide bonds. The number of carbonyl (C=O) groups excluding carboxylic acids is 1. The van der Waals surface area contributed by atoms with Crippen LogP contribution in [-0.2, 0) is 0 Å². The van der Waals surface area contributed by atoms with E-state index in [1.807, 2.05) is 6.07 Å². The Morgan fingerprint density at radius 1 is 1.12 bits per heavy atom. The molecule has 0 aliphatic heterocycles. The predicted octanol–water partition coefficient (Wildman–Crippen LogP) is 1.43. The normalized spacial score (nSPS) is 9.75. The molecule has 0 aliphatic rings. The lowest BCUT2D eigenvalue weighted by molar-refractivity contribution is 0.102. The van der Waals surface area contributed by atoms with Crippen molar-refractivity contribution in [3.63, 3.8) is 0 Å². The number of rotatable bonds is 2. The smallest absolute Gasteiger partial charge is 0.258 e. The van der Waals surface area contributed by atoms with Crippen LogP contribution in [0.5, 0.6) is 5.75 Å². The van der Waals surface area contributed by atoms with Crippen molar-refractivity contribution in [2.45, 2.75) is 0 Å². The van der Waals surface area contributed by atoms with Gasteiger partial charge in [0, 0.05) is 5.56 Å². The maximum atomic E-state index is 11.6. The average molecular weight is 215 g/mol. The van der Waals surface area contributed by atoms with Gasteiger partial charge in [0.25, 0.3) is 5.91 Å². The first-order valence-electron chi connectivity index (χ1n) is 4.63. The van der Waals surface area contributed by atoms with Gasteiger partial charge in [-0.15, -0.1) is 0 Å². The van der Waals surface area contributed by atoms with E-state index >= 15 is 0 Å². The summed E-state index contributed by atoms with van der Waals surface area (Å²) in [6, 6.07) is 8.75. The lowest BCUT2D eigenvalue weighted by Crippen LogP contribution is -2.13. The van der Waals surface area contributed by atoms with E-state index in [0.29, 0.717) is 5.56 Å². The molecule has 0 unspecified atom stereocenters. The van der Waals surface area contributed by atoms with Crippen LogP contribution in [0.2, 0.25) is 0 Å². The maximum absolute atomic E-state index is 11.6. The zero-order valence-electron chi connectivity index (χ0n) is 8.29. The molecule has 1 aromatic heterocycles. The fourth-order valence-electron chi connectivity index (χ4n) is 1.15. The van der Waals surface area contributed by atoms with Crippen LogP contribution in [0.15, 0.2) is 42.7 Å². The number of nitrogens with one attached hydrogen (secondary N) is 1. The van der Waals surface area contributed by atoms with E-state index < -0.39 is 0 Å². The van der Waals surface area contributed by atoms with Crippen LogP contribution in [0.4, 0.5) is 5.95 Å². The van der Waals surface area contributed by atoms with Gasteiger partial charge >= 0.3 is 0 Å². The summed E-state index contributed by atoms with van der Waals surface area (Å²) in [5, 5.41) is 11.5. The van der Waals surface area contributed by atoms with Gasteiger partial charge in [0.05, 0.1) is 12.4 Å². The highest BCUT2D eigenvalue weighted by Gasteiger charge is 2.06. The van der Waals surface area contributed by atoms with Gasteiger partial charge in [-0.05, 0) is 12.1 Å². The quantitative estimate of drug-likeness (QED) is 0.794. The Kier molecular flexibility index (Phi) is 2.77.